The molecule has 0 radical (unpaired) electrons. The molecule has 0 aromatic heterocycles. The van der Waals surface area contributed by atoms with Crippen LogP contribution in [0, 0.1) is 10.8 Å². The van der Waals surface area contributed by atoms with Crippen LogP contribution in [0.2, 0.25) is 0 Å². The van der Waals surface area contributed by atoms with Gasteiger partial charge in [0.2, 0.25) is 0 Å². The van der Waals surface area contributed by atoms with E-state index in [1.54, 1.807) is 0 Å². The lowest BCUT2D eigenvalue weighted by molar-refractivity contribution is 0.174. The third-order valence-electron chi connectivity index (χ3n) is 3.31. The second kappa shape index (κ2) is 2.72. The van der Waals surface area contributed by atoms with E-state index in [1.807, 2.05) is 0 Å². The number of hydrogen-bond acceptors (Lipinski definition) is 2. The molecule has 1 aliphatic heterocycles. The highest BCUT2D eigenvalue weighted by Crippen LogP contribution is 2.42. The summed E-state index contributed by atoms with van der Waals surface area (Å²) >= 11 is 0. The molecule has 2 amide bonds. The molecule has 1 atom stereocenters. The molecule has 0 aromatic carbocycles. The van der Waals surface area contributed by atoms with E-state index >= 15 is 0 Å². The summed E-state index contributed by atoms with van der Waals surface area (Å²) in [7, 11) is 0. The van der Waals surface area contributed by atoms with Crippen molar-refractivity contribution < 1.29 is 4.79 Å². The molecule has 1 spiro atoms. The Balaban J connectivity index is 2.24. The Morgan fingerprint density at radius 1 is 1.36 bits per heavy atom. The van der Waals surface area contributed by atoms with E-state index in [0.717, 1.165) is 19.3 Å². The van der Waals surface area contributed by atoms with E-state index in [-0.39, 0.29) is 11.4 Å². The lowest BCUT2D eigenvalue weighted by Crippen LogP contribution is -2.51. The first-order valence-corrected chi connectivity index (χ1v) is 5.12. The van der Waals surface area contributed by atoms with Gasteiger partial charge in [0.15, 0.2) is 0 Å². The zero-order valence-corrected chi connectivity index (χ0v) is 8.74. The van der Waals surface area contributed by atoms with Gasteiger partial charge in [0.1, 0.15) is 5.84 Å². The molecule has 1 aliphatic carbocycles. The quantitative estimate of drug-likeness (QED) is 0.540. The summed E-state index contributed by atoms with van der Waals surface area (Å²) in [5.41, 5.74) is -0.164. The van der Waals surface area contributed by atoms with Gasteiger partial charge < -0.3 is 5.32 Å². The summed E-state index contributed by atoms with van der Waals surface area (Å²) in [6.45, 7) is 4.40. The third-order valence-corrected chi connectivity index (χ3v) is 3.31. The van der Waals surface area contributed by atoms with Gasteiger partial charge in [-0.05, 0) is 24.7 Å². The predicted molar refractivity (Wildman–Crippen MR) is 54.4 cm³/mol. The fourth-order valence-corrected chi connectivity index (χ4v) is 2.73. The van der Waals surface area contributed by atoms with E-state index in [0.29, 0.717) is 5.84 Å². The highest BCUT2D eigenvalue weighted by Gasteiger charge is 2.48. The third kappa shape index (κ3) is 1.38. The summed E-state index contributed by atoms with van der Waals surface area (Å²) in [5.74, 6) is 0.357. The second-order valence-corrected chi connectivity index (χ2v) is 5.23. The normalized spacial score (nSPS) is 35.6. The lowest BCUT2D eigenvalue weighted by atomic mass is 9.68. The molecule has 1 unspecified atom stereocenters. The minimum absolute atomic E-state index is 0.215. The van der Waals surface area contributed by atoms with Crippen LogP contribution in [0.5, 0.6) is 0 Å². The molecule has 4 heteroatoms. The molecular weight excluding hydrogens is 178 g/mol. The van der Waals surface area contributed by atoms with Gasteiger partial charge in [-0.1, -0.05) is 20.3 Å². The zero-order chi connectivity index (χ0) is 10.4. The number of amidine groups is 1. The minimum Gasteiger partial charge on any atom is -0.325 e. The first-order valence-electron chi connectivity index (χ1n) is 5.12. The van der Waals surface area contributed by atoms with Gasteiger partial charge in [-0.15, -0.1) is 0 Å². The van der Waals surface area contributed by atoms with Gasteiger partial charge in [-0.2, -0.15) is 0 Å². The summed E-state index contributed by atoms with van der Waals surface area (Å²) in [6, 6.07) is -0.215. The van der Waals surface area contributed by atoms with Crippen molar-refractivity contribution in [1.82, 2.24) is 10.6 Å². The summed E-state index contributed by atoms with van der Waals surface area (Å²) in [5, 5.41) is 13.3. The van der Waals surface area contributed by atoms with E-state index in [9.17, 15) is 4.79 Å². The Kier molecular flexibility index (Phi) is 1.84. The number of nitrogens with one attached hydrogen (secondary N) is 3. The number of amides is 2. The van der Waals surface area contributed by atoms with Crippen LogP contribution >= 0.6 is 0 Å². The second-order valence-electron chi connectivity index (χ2n) is 5.23. The van der Waals surface area contributed by atoms with Crippen LogP contribution in [-0.4, -0.2) is 17.4 Å². The van der Waals surface area contributed by atoms with Crippen LogP contribution in [0.15, 0.2) is 0 Å². The number of carbonyl (C=O) groups is 1. The van der Waals surface area contributed by atoms with Crippen molar-refractivity contribution in [2.75, 3.05) is 0 Å². The number of hydrogen-bond donors (Lipinski definition) is 3. The number of rotatable bonds is 0. The van der Waals surface area contributed by atoms with Crippen LogP contribution in [0.1, 0.15) is 39.5 Å². The average Bonchev–Trinajstić information content (AvgIpc) is 2.24. The van der Waals surface area contributed by atoms with Crippen molar-refractivity contribution in [2.24, 2.45) is 5.41 Å². The summed E-state index contributed by atoms with van der Waals surface area (Å²) in [4.78, 5) is 11.2. The van der Waals surface area contributed by atoms with E-state index in [2.05, 4.69) is 24.5 Å². The SMILES string of the molecule is CC1(C)CCCC2(C1)NC(=O)NC2=N. The van der Waals surface area contributed by atoms with Crippen molar-refractivity contribution in [1.29, 1.82) is 5.41 Å². The van der Waals surface area contributed by atoms with Crippen LogP contribution in [0.4, 0.5) is 4.79 Å². The molecule has 14 heavy (non-hydrogen) atoms. The Labute approximate surface area is 84.0 Å². The largest absolute Gasteiger partial charge is 0.325 e. The predicted octanol–water partition coefficient (Wildman–Crippen LogP) is 1.62. The van der Waals surface area contributed by atoms with Gasteiger partial charge in [0, 0.05) is 0 Å². The van der Waals surface area contributed by atoms with Crippen LogP contribution in [0.25, 0.3) is 0 Å². The van der Waals surface area contributed by atoms with Gasteiger partial charge in [-0.3, -0.25) is 10.7 Å². The molecule has 0 aromatic rings. The van der Waals surface area contributed by atoms with E-state index < -0.39 is 5.54 Å². The van der Waals surface area contributed by atoms with Crippen molar-refractivity contribution >= 4 is 11.9 Å². The van der Waals surface area contributed by atoms with Crippen LogP contribution < -0.4 is 10.6 Å². The maximum atomic E-state index is 11.2. The molecule has 1 saturated carbocycles. The first-order chi connectivity index (χ1) is 6.44. The highest BCUT2D eigenvalue weighted by atomic mass is 16.2. The molecule has 2 fully saturated rings. The van der Waals surface area contributed by atoms with Crippen LogP contribution in [-0.2, 0) is 0 Å². The average molecular weight is 195 g/mol. The molecule has 1 heterocycles. The Bertz CT molecular complexity index is 298. The summed E-state index contributed by atoms with van der Waals surface area (Å²) < 4.78 is 0. The molecular formula is C10H17N3O. The minimum atomic E-state index is -0.390. The molecule has 1 saturated heterocycles. The maximum Gasteiger partial charge on any atom is 0.321 e. The van der Waals surface area contributed by atoms with E-state index in [4.69, 9.17) is 5.41 Å². The standard InChI is InChI=1S/C10H17N3O/c1-9(2)4-3-5-10(6-9)7(11)12-8(14)13-10/h3-6H2,1-2H3,(H3,11,12,13,14). The maximum absolute atomic E-state index is 11.2. The molecule has 78 valence electrons. The van der Waals surface area contributed by atoms with Crippen molar-refractivity contribution in [3.05, 3.63) is 0 Å². The van der Waals surface area contributed by atoms with Gasteiger partial charge >= 0.3 is 6.03 Å². The van der Waals surface area contributed by atoms with Gasteiger partial charge in [-0.25, -0.2) is 4.79 Å². The zero-order valence-electron chi connectivity index (χ0n) is 8.74. The Morgan fingerprint density at radius 2 is 2.07 bits per heavy atom. The lowest BCUT2D eigenvalue weighted by Gasteiger charge is -2.41. The van der Waals surface area contributed by atoms with Gasteiger partial charge in [0.25, 0.3) is 0 Å². The fraction of sp³-hybridized carbons (Fsp3) is 0.800. The molecule has 3 N–H and O–H groups in total. The molecule has 2 rings (SSSR count). The number of carbonyl (C=O) groups excluding carboxylic acids is 1. The first kappa shape index (κ1) is 9.49. The fourth-order valence-electron chi connectivity index (χ4n) is 2.73. The monoisotopic (exact) mass is 195 g/mol. The highest BCUT2D eigenvalue weighted by molar-refractivity contribution is 6.08. The van der Waals surface area contributed by atoms with Crippen molar-refractivity contribution in [3.63, 3.8) is 0 Å². The van der Waals surface area contributed by atoms with Gasteiger partial charge in [0.05, 0.1) is 5.54 Å². The van der Waals surface area contributed by atoms with Crippen molar-refractivity contribution in [2.45, 2.75) is 45.1 Å². The number of urea groups is 1. The van der Waals surface area contributed by atoms with Crippen LogP contribution in [0.3, 0.4) is 0 Å². The molecule has 0 bridgehead atoms. The molecule has 4 nitrogen and oxygen atoms in total. The topological polar surface area (TPSA) is 65.0 Å². The summed E-state index contributed by atoms with van der Waals surface area (Å²) in [6.07, 6.45) is 4.03. The smallest absolute Gasteiger partial charge is 0.321 e. The van der Waals surface area contributed by atoms with E-state index in [1.165, 1.54) is 6.42 Å². The van der Waals surface area contributed by atoms with Crippen molar-refractivity contribution in [3.8, 4) is 0 Å². The molecule has 2 aliphatic rings. The Hall–Kier alpha value is -1.06. The Morgan fingerprint density at radius 3 is 2.57 bits per heavy atom.